The molecular formula is C12H21NO5. The maximum Gasteiger partial charge on any atom is 0.410 e. The summed E-state index contributed by atoms with van der Waals surface area (Å²) in [5, 5.41) is 18.6. The SMILES string of the molecule is CC(C)(C)OC(=O)N1CC[C@H](C(=O)O)[C@@H](O)CC1. The van der Waals surface area contributed by atoms with Crippen molar-refractivity contribution in [2.24, 2.45) is 5.92 Å². The molecule has 0 saturated carbocycles. The second kappa shape index (κ2) is 5.56. The summed E-state index contributed by atoms with van der Waals surface area (Å²) in [6.07, 6.45) is -0.859. The van der Waals surface area contributed by atoms with Gasteiger partial charge in [-0.15, -0.1) is 0 Å². The molecule has 2 N–H and O–H groups in total. The van der Waals surface area contributed by atoms with Crippen molar-refractivity contribution >= 4 is 12.1 Å². The lowest BCUT2D eigenvalue weighted by Crippen LogP contribution is -2.37. The molecule has 104 valence electrons. The van der Waals surface area contributed by atoms with Crippen molar-refractivity contribution in [3.8, 4) is 0 Å². The number of hydrogen-bond acceptors (Lipinski definition) is 4. The quantitative estimate of drug-likeness (QED) is 0.735. The van der Waals surface area contributed by atoms with Crippen molar-refractivity contribution in [3.63, 3.8) is 0 Å². The lowest BCUT2D eigenvalue weighted by Gasteiger charge is -2.26. The fraction of sp³-hybridized carbons (Fsp3) is 0.833. The Bertz CT molecular complexity index is 323. The fourth-order valence-electron chi connectivity index (χ4n) is 1.89. The van der Waals surface area contributed by atoms with Gasteiger partial charge in [0.2, 0.25) is 0 Å². The van der Waals surface area contributed by atoms with E-state index < -0.39 is 29.7 Å². The highest BCUT2D eigenvalue weighted by Crippen LogP contribution is 2.20. The van der Waals surface area contributed by atoms with Crippen LogP contribution in [0.15, 0.2) is 0 Å². The van der Waals surface area contributed by atoms with Crippen LogP contribution in [0, 0.1) is 5.92 Å². The van der Waals surface area contributed by atoms with E-state index in [0.717, 1.165) is 0 Å². The maximum atomic E-state index is 11.8. The van der Waals surface area contributed by atoms with Crippen LogP contribution in [0.25, 0.3) is 0 Å². The zero-order valence-electron chi connectivity index (χ0n) is 11.0. The summed E-state index contributed by atoms with van der Waals surface area (Å²) >= 11 is 0. The van der Waals surface area contributed by atoms with Gasteiger partial charge in [-0.3, -0.25) is 4.79 Å². The van der Waals surface area contributed by atoms with E-state index in [-0.39, 0.29) is 12.8 Å². The molecule has 18 heavy (non-hydrogen) atoms. The van der Waals surface area contributed by atoms with Crippen LogP contribution in [-0.4, -0.2) is 52.0 Å². The lowest BCUT2D eigenvalue weighted by molar-refractivity contribution is -0.145. The summed E-state index contributed by atoms with van der Waals surface area (Å²) in [6, 6.07) is 0. The van der Waals surface area contributed by atoms with E-state index in [9.17, 15) is 14.7 Å². The van der Waals surface area contributed by atoms with E-state index >= 15 is 0 Å². The Balaban J connectivity index is 2.61. The van der Waals surface area contributed by atoms with Crippen LogP contribution in [0.5, 0.6) is 0 Å². The standard InChI is InChI=1S/C12H21NO5/c1-12(2,3)18-11(17)13-6-4-8(10(15)16)9(14)5-7-13/h8-9,14H,4-7H2,1-3H3,(H,15,16)/t8-,9-/m0/s1. The minimum Gasteiger partial charge on any atom is -0.481 e. The number of aliphatic hydroxyl groups is 1. The van der Waals surface area contributed by atoms with Gasteiger partial charge < -0.3 is 19.8 Å². The Morgan fingerprint density at radius 2 is 1.78 bits per heavy atom. The van der Waals surface area contributed by atoms with Crippen LogP contribution in [0.2, 0.25) is 0 Å². The number of carbonyl (C=O) groups is 2. The number of carboxylic acid groups (broad SMARTS) is 1. The molecule has 0 aromatic carbocycles. The molecule has 6 heteroatoms. The molecular weight excluding hydrogens is 238 g/mol. The van der Waals surface area contributed by atoms with Crippen LogP contribution in [0.3, 0.4) is 0 Å². The molecule has 0 aliphatic carbocycles. The Morgan fingerprint density at radius 3 is 2.28 bits per heavy atom. The number of aliphatic hydroxyl groups excluding tert-OH is 1. The van der Waals surface area contributed by atoms with Gasteiger partial charge >= 0.3 is 12.1 Å². The van der Waals surface area contributed by atoms with Crippen LogP contribution in [0.4, 0.5) is 4.79 Å². The molecule has 0 aromatic rings. The van der Waals surface area contributed by atoms with Gasteiger partial charge in [-0.1, -0.05) is 0 Å². The number of nitrogens with zero attached hydrogens (tertiary/aromatic N) is 1. The van der Waals surface area contributed by atoms with Gasteiger partial charge in [0.15, 0.2) is 0 Å². The number of carboxylic acids is 1. The van der Waals surface area contributed by atoms with Crippen LogP contribution in [-0.2, 0) is 9.53 Å². The van der Waals surface area contributed by atoms with Gasteiger partial charge in [-0.25, -0.2) is 4.79 Å². The lowest BCUT2D eigenvalue weighted by atomic mass is 9.98. The van der Waals surface area contributed by atoms with Gasteiger partial charge in [-0.05, 0) is 33.6 Å². The molecule has 0 radical (unpaired) electrons. The Morgan fingerprint density at radius 1 is 1.22 bits per heavy atom. The molecule has 1 saturated heterocycles. The Hall–Kier alpha value is -1.30. The summed E-state index contributed by atoms with van der Waals surface area (Å²) in [7, 11) is 0. The minimum absolute atomic E-state index is 0.246. The number of hydrogen-bond donors (Lipinski definition) is 2. The highest BCUT2D eigenvalue weighted by atomic mass is 16.6. The van der Waals surface area contributed by atoms with Crippen molar-refractivity contribution in [2.75, 3.05) is 13.1 Å². The highest BCUT2D eigenvalue weighted by Gasteiger charge is 2.32. The van der Waals surface area contributed by atoms with E-state index in [4.69, 9.17) is 9.84 Å². The average Bonchev–Trinajstić information content (AvgIpc) is 2.37. The summed E-state index contributed by atoms with van der Waals surface area (Å²) in [4.78, 5) is 24.2. The fourth-order valence-corrected chi connectivity index (χ4v) is 1.89. The van der Waals surface area contributed by atoms with Crippen molar-refractivity contribution in [1.29, 1.82) is 0 Å². The number of amides is 1. The first-order valence-corrected chi connectivity index (χ1v) is 6.09. The first-order valence-electron chi connectivity index (χ1n) is 6.09. The van der Waals surface area contributed by atoms with Gasteiger partial charge in [0.05, 0.1) is 12.0 Å². The molecule has 1 aliphatic rings. The zero-order valence-corrected chi connectivity index (χ0v) is 11.0. The summed E-state index contributed by atoms with van der Waals surface area (Å²) < 4.78 is 5.22. The third kappa shape index (κ3) is 4.18. The van der Waals surface area contributed by atoms with Gasteiger partial charge in [0.1, 0.15) is 5.60 Å². The average molecular weight is 259 g/mol. The predicted octanol–water partition coefficient (Wildman–Crippen LogP) is 1.08. The first-order chi connectivity index (χ1) is 8.20. The first kappa shape index (κ1) is 14.8. The molecule has 0 spiro atoms. The molecule has 1 fully saturated rings. The maximum absolute atomic E-state index is 11.8. The van der Waals surface area contributed by atoms with Gasteiger partial charge in [-0.2, -0.15) is 0 Å². The largest absolute Gasteiger partial charge is 0.481 e. The molecule has 0 aromatic heterocycles. The highest BCUT2D eigenvalue weighted by molar-refractivity contribution is 5.71. The van der Waals surface area contributed by atoms with Crippen molar-refractivity contribution < 1.29 is 24.5 Å². The third-order valence-corrected chi connectivity index (χ3v) is 2.84. The van der Waals surface area contributed by atoms with Crippen LogP contribution in [0.1, 0.15) is 33.6 Å². The monoisotopic (exact) mass is 259 g/mol. The second-order valence-corrected chi connectivity index (χ2v) is 5.56. The number of rotatable bonds is 1. The summed E-state index contributed by atoms with van der Waals surface area (Å²) in [5.74, 6) is -1.83. The van der Waals surface area contributed by atoms with E-state index in [2.05, 4.69) is 0 Å². The smallest absolute Gasteiger partial charge is 0.410 e. The number of likely N-dealkylation sites (tertiary alicyclic amines) is 1. The van der Waals surface area contributed by atoms with E-state index in [0.29, 0.717) is 13.1 Å². The molecule has 0 unspecified atom stereocenters. The number of carbonyl (C=O) groups excluding carboxylic acids is 1. The molecule has 1 heterocycles. The summed E-state index contributed by atoms with van der Waals surface area (Å²) in [6.45, 7) is 5.94. The minimum atomic E-state index is -1.02. The van der Waals surface area contributed by atoms with Gasteiger partial charge in [0, 0.05) is 13.1 Å². The zero-order chi connectivity index (χ0) is 13.9. The van der Waals surface area contributed by atoms with Crippen molar-refractivity contribution in [3.05, 3.63) is 0 Å². The molecule has 1 aliphatic heterocycles. The molecule has 2 atom stereocenters. The van der Waals surface area contributed by atoms with E-state index in [1.807, 2.05) is 0 Å². The summed E-state index contributed by atoms with van der Waals surface area (Å²) in [5.41, 5.74) is -0.575. The van der Waals surface area contributed by atoms with Gasteiger partial charge in [0.25, 0.3) is 0 Å². The van der Waals surface area contributed by atoms with E-state index in [1.165, 1.54) is 4.90 Å². The van der Waals surface area contributed by atoms with E-state index in [1.54, 1.807) is 20.8 Å². The topological polar surface area (TPSA) is 87.1 Å². The second-order valence-electron chi connectivity index (χ2n) is 5.56. The van der Waals surface area contributed by atoms with Crippen molar-refractivity contribution in [1.82, 2.24) is 4.90 Å². The molecule has 1 amide bonds. The Labute approximate surface area is 107 Å². The third-order valence-electron chi connectivity index (χ3n) is 2.84. The van der Waals surface area contributed by atoms with Crippen LogP contribution < -0.4 is 0 Å². The molecule has 1 rings (SSSR count). The molecule has 0 bridgehead atoms. The predicted molar refractivity (Wildman–Crippen MR) is 64.2 cm³/mol. The number of ether oxygens (including phenoxy) is 1. The normalized spacial score (nSPS) is 25.4. The Kier molecular flexibility index (Phi) is 4.56. The van der Waals surface area contributed by atoms with Crippen LogP contribution >= 0.6 is 0 Å². The van der Waals surface area contributed by atoms with Crippen molar-refractivity contribution in [2.45, 2.75) is 45.3 Å². The number of aliphatic carboxylic acids is 1. The molecule has 6 nitrogen and oxygen atoms in total.